The highest BCUT2D eigenvalue weighted by molar-refractivity contribution is 6.32. The molecule has 0 radical (unpaired) electrons. The van der Waals surface area contributed by atoms with E-state index in [9.17, 15) is 9.59 Å². The summed E-state index contributed by atoms with van der Waals surface area (Å²) in [4.78, 5) is 24.6. The van der Waals surface area contributed by atoms with Crippen molar-refractivity contribution < 1.29 is 24.2 Å². The molecule has 0 aromatic heterocycles. The van der Waals surface area contributed by atoms with Crippen molar-refractivity contribution in [3.05, 3.63) is 28.8 Å². The van der Waals surface area contributed by atoms with E-state index < -0.39 is 11.9 Å². The van der Waals surface area contributed by atoms with Gasteiger partial charge in [0.05, 0.1) is 10.9 Å². The maximum Gasteiger partial charge on any atom is 0.308 e. The molecule has 3 rings (SSSR count). The molecular weight excluding hydrogens is 357 g/mol. The maximum absolute atomic E-state index is 12.1. The van der Waals surface area contributed by atoms with Crippen molar-refractivity contribution in [2.45, 2.75) is 6.42 Å². The van der Waals surface area contributed by atoms with Crippen LogP contribution in [0.15, 0.2) is 18.2 Å². The molecule has 0 saturated carbocycles. The Bertz CT molecular complexity index is 677. The lowest BCUT2D eigenvalue weighted by Crippen LogP contribution is -2.28. The molecule has 8 heteroatoms. The van der Waals surface area contributed by atoms with Crippen LogP contribution in [0.2, 0.25) is 5.02 Å². The van der Waals surface area contributed by atoms with Gasteiger partial charge in [-0.2, -0.15) is 0 Å². The first-order valence-corrected chi connectivity index (χ1v) is 7.71. The number of carboxylic acid groups (broad SMARTS) is 1. The monoisotopic (exact) mass is 373 g/mol. The number of carbonyl (C=O) groups excluding carboxylic acids is 1. The third-order valence-electron chi connectivity index (χ3n) is 3.89. The molecule has 24 heavy (non-hydrogen) atoms. The highest BCUT2D eigenvalue weighted by Gasteiger charge is 2.29. The Morgan fingerprint density at radius 1 is 1.29 bits per heavy atom. The third-order valence-corrected chi connectivity index (χ3v) is 4.17. The zero-order valence-electron chi connectivity index (χ0n) is 12.7. The lowest BCUT2D eigenvalue weighted by molar-refractivity contribution is -0.141. The molecule has 2 aliphatic heterocycles. The Morgan fingerprint density at radius 2 is 2.04 bits per heavy atom. The Balaban J connectivity index is 0.00000208. The van der Waals surface area contributed by atoms with Crippen LogP contribution in [0.4, 0.5) is 0 Å². The van der Waals surface area contributed by atoms with Gasteiger partial charge in [-0.15, -0.1) is 12.4 Å². The van der Waals surface area contributed by atoms with Gasteiger partial charge in [-0.25, -0.2) is 0 Å². The minimum atomic E-state index is -0.858. The Hall–Kier alpha value is -1.92. The second kappa shape index (κ2) is 7.77. The largest absolute Gasteiger partial charge is 0.486 e. The number of halogens is 2. The molecule has 2 aliphatic rings. The van der Waals surface area contributed by atoms with Crippen LogP contribution >= 0.6 is 24.0 Å². The molecule has 0 spiro atoms. The first kappa shape index (κ1) is 18.4. The molecule has 1 atom stereocenters. The first-order valence-electron chi connectivity index (χ1n) is 7.33. The van der Waals surface area contributed by atoms with E-state index in [0.29, 0.717) is 42.7 Å². The van der Waals surface area contributed by atoms with Crippen molar-refractivity contribution in [1.82, 2.24) is 4.90 Å². The number of rotatable bonds is 3. The van der Waals surface area contributed by atoms with Crippen LogP contribution in [-0.2, 0) is 9.59 Å². The van der Waals surface area contributed by atoms with E-state index in [-0.39, 0.29) is 24.9 Å². The number of fused-ring (bicyclic) bond motifs is 1. The van der Waals surface area contributed by atoms with E-state index in [1.54, 1.807) is 18.2 Å². The normalized spacial score (nSPS) is 19.2. The van der Waals surface area contributed by atoms with E-state index >= 15 is 0 Å². The first-order chi connectivity index (χ1) is 11.0. The van der Waals surface area contributed by atoms with E-state index in [0.717, 1.165) is 5.56 Å². The van der Waals surface area contributed by atoms with Gasteiger partial charge in [-0.1, -0.05) is 11.6 Å². The summed E-state index contributed by atoms with van der Waals surface area (Å²) in [6.07, 6.45) is 3.55. The zero-order valence-corrected chi connectivity index (χ0v) is 14.3. The van der Waals surface area contributed by atoms with Gasteiger partial charge in [-0.05, 0) is 30.2 Å². The summed E-state index contributed by atoms with van der Waals surface area (Å²) in [7, 11) is 0. The summed E-state index contributed by atoms with van der Waals surface area (Å²) in [5, 5.41) is 9.40. The van der Waals surface area contributed by atoms with Crippen molar-refractivity contribution in [3.8, 4) is 11.5 Å². The topological polar surface area (TPSA) is 76.1 Å². The van der Waals surface area contributed by atoms with Crippen LogP contribution in [0.25, 0.3) is 6.08 Å². The maximum atomic E-state index is 12.1. The quantitative estimate of drug-likeness (QED) is 0.823. The van der Waals surface area contributed by atoms with Crippen molar-refractivity contribution in [2.75, 3.05) is 26.3 Å². The average Bonchev–Trinajstić information content (AvgIpc) is 3.03. The summed E-state index contributed by atoms with van der Waals surface area (Å²) >= 11 is 6.14. The lowest BCUT2D eigenvalue weighted by atomic mass is 10.1. The minimum absolute atomic E-state index is 0. The summed E-state index contributed by atoms with van der Waals surface area (Å²) < 4.78 is 10.9. The smallest absolute Gasteiger partial charge is 0.308 e. The van der Waals surface area contributed by atoms with Crippen LogP contribution < -0.4 is 9.47 Å². The fourth-order valence-corrected chi connectivity index (χ4v) is 2.94. The second-order valence-corrected chi connectivity index (χ2v) is 5.88. The number of likely N-dealkylation sites (tertiary alicyclic amines) is 1. The lowest BCUT2D eigenvalue weighted by Gasteiger charge is -2.19. The molecule has 1 aromatic carbocycles. The second-order valence-electron chi connectivity index (χ2n) is 5.47. The summed E-state index contributed by atoms with van der Waals surface area (Å²) in [6, 6.07) is 3.46. The predicted octanol–water partition coefficient (Wildman–Crippen LogP) is 2.48. The van der Waals surface area contributed by atoms with Gasteiger partial charge in [0.1, 0.15) is 13.2 Å². The fourth-order valence-electron chi connectivity index (χ4n) is 2.66. The predicted molar refractivity (Wildman–Crippen MR) is 91.0 cm³/mol. The molecule has 130 valence electrons. The molecule has 2 heterocycles. The number of ether oxygens (including phenoxy) is 2. The van der Waals surface area contributed by atoms with Crippen LogP contribution in [0, 0.1) is 5.92 Å². The van der Waals surface area contributed by atoms with E-state index in [1.165, 1.54) is 11.0 Å². The van der Waals surface area contributed by atoms with Crippen LogP contribution in [0.3, 0.4) is 0 Å². The van der Waals surface area contributed by atoms with E-state index in [1.807, 2.05) is 0 Å². The van der Waals surface area contributed by atoms with Gasteiger partial charge in [0, 0.05) is 19.2 Å². The summed E-state index contributed by atoms with van der Waals surface area (Å²) in [5.41, 5.74) is 0.724. The van der Waals surface area contributed by atoms with Gasteiger partial charge in [0.2, 0.25) is 5.91 Å². The number of amides is 1. The van der Waals surface area contributed by atoms with Crippen LogP contribution in [0.5, 0.6) is 11.5 Å². The van der Waals surface area contributed by atoms with Crippen LogP contribution in [0.1, 0.15) is 12.0 Å². The average molecular weight is 374 g/mol. The molecule has 1 N–H and O–H groups in total. The molecule has 1 saturated heterocycles. The zero-order chi connectivity index (χ0) is 16.4. The molecule has 6 nitrogen and oxygen atoms in total. The minimum Gasteiger partial charge on any atom is -0.486 e. The molecule has 0 bridgehead atoms. The van der Waals surface area contributed by atoms with Gasteiger partial charge >= 0.3 is 5.97 Å². The van der Waals surface area contributed by atoms with Crippen LogP contribution in [-0.4, -0.2) is 48.2 Å². The summed E-state index contributed by atoms with van der Waals surface area (Å²) in [6.45, 7) is 1.63. The van der Waals surface area contributed by atoms with Gasteiger partial charge in [0.15, 0.2) is 11.5 Å². The molecule has 0 aliphatic carbocycles. The number of hydrogen-bond donors (Lipinski definition) is 1. The van der Waals surface area contributed by atoms with E-state index in [2.05, 4.69) is 0 Å². The van der Waals surface area contributed by atoms with Gasteiger partial charge < -0.3 is 19.5 Å². The van der Waals surface area contributed by atoms with Crippen molar-refractivity contribution in [2.24, 2.45) is 5.92 Å². The number of carboxylic acids is 1. The molecule has 1 aromatic rings. The number of benzene rings is 1. The molecule has 1 unspecified atom stereocenters. The van der Waals surface area contributed by atoms with Gasteiger partial charge in [-0.3, -0.25) is 9.59 Å². The van der Waals surface area contributed by atoms with Crippen molar-refractivity contribution >= 4 is 42.0 Å². The standard InChI is InChI=1S/C16H16ClNO5.ClH/c17-12-7-10(8-13-15(12)23-6-5-22-13)1-2-14(19)18-4-3-11(9-18)16(20)21;/h1-2,7-8,11H,3-6,9H2,(H,20,21);1H/b2-1+;. The third kappa shape index (κ3) is 3.94. The molecular formula is C16H17Cl2NO5. The van der Waals surface area contributed by atoms with Crippen molar-refractivity contribution in [1.29, 1.82) is 0 Å². The number of nitrogens with zero attached hydrogens (tertiary/aromatic N) is 1. The number of carbonyl (C=O) groups is 2. The highest BCUT2D eigenvalue weighted by atomic mass is 35.5. The van der Waals surface area contributed by atoms with E-state index in [4.69, 9.17) is 26.2 Å². The number of aliphatic carboxylic acids is 1. The Kier molecular flexibility index (Phi) is 5.96. The molecule has 1 fully saturated rings. The molecule has 1 amide bonds. The summed E-state index contributed by atoms with van der Waals surface area (Å²) in [5.74, 6) is -0.466. The Labute approximate surface area is 150 Å². The number of hydrogen-bond acceptors (Lipinski definition) is 4. The fraction of sp³-hybridized carbons (Fsp3) is 0.375. The Morgan fingerprint density at radius 3 is 2.75 bits per heavy atom. The van der Waals surface area contributed by atoms with Crippen molar-refractivity contribution in [3.63, 3.8) is 0 Å². The SMILES string of the molecule is Cl.O=C(O)C1CCN(C(=O)/C=C/c2cc(Cl)c3c(c2)OCCO3)C1. The van der Waals surface area contributed by atoms with Gasteiger partial charge in [0.25, 0.3) is 0 Å². The highest BCUT2D eigenvalue weighted by Crippen LogP contribution is 2.38.